The van der Waals surface area contributed by atoms with Crippen LogP contribution in [0.4, 0.5) is 5.69 Å². The van der Waals surface area contributed by atoms with E-state index in [9.17, 15) is 9.59 Å². The summed E-state index contributed by atoms with van der Waals surface area (Å²) < 4.78 is 6.16. The summed E-state index contributed by atoms with van der Waals surface area (Å²) in [6.45, 7) is 1.24. The van der Waals surface area contributed by atoms with E-state index in [1.54, 1.807) is 0 Å². The Hall–Kier alpha value is -4.12. The number of fused-ring (bicyclic) bond motifs is 1. The highest BCUT2D eigenvalue weighted by Gasteiger charge is 2.24. The lowest BCUT2D eigenvalue weighted by atomic mass is 10.1. The van der Waals surface area contributed by atoms with Gasteiger partial charge in [0.2, 0.25) is 11.8 Å². The van der Waals surface area contributed by atoms with E-state index in [1.165, 1.54) is 5.56 Å². The first-order chi connectivity index (χ1) is 17.6. The highest BCUT2D eigenvalue weighted by molar-refractivity contribution is 5.91. The summed E-state index contributed by atoms with van der Waals surface area (Å²) in [5.41, 5.74) is 5.04. The van der Waals surface area contributed by atoms with Crippen molar-refractivity contribution in [1.29, 1.82) is 0 Å². The van der Waals surface area contributed by atoms with E-state index in [1.807, 2.05) is 83.8 Å². The van der Waals surface area contributed by atoms with Gasteiger partial charge in [0.05, 0.1) is 0 Å². The lowest BCUT2D eigenvalue weighted by Gasteiger charge is -2.26. The van der Waals surface area contributed by atoms with Gasteiger partial charge in [-0.25, -0.2) is 0 Å². The molecule has 0 radical (unpaired) electrons. The molecule has 0 bridgehead atoms. The summed E-state index contributed by atoms with van der Waals surface area (Å²) in [5.74, 6) is 1.86. The minimum atomic E-state index is -0.0144. The Kier molecular flexibility index (Phi) is 7.27. The molecule has 0 atom stereocenters. The van der Waals surface area contributed by atoms with Crippen molar-refractivity contribution in [2.75, 3.05) is 11.9 Å². The Labute approximate surface area is 211 Å². The zero-order chi connectivity index (χ0) is 24.7. The smallest absolute Gasteiger partial charge is 0.224 e. The molecule has 1 aromatic heterocycles. The number of benzene rings is 3. The van der Waals surface area contributed by atoms with Crippen LogP contribution in [0.1, 0.15) is 35.3 Å². The molecular formula is C31H30N2O3. The van der Waals surface area contributed by atoms with E-state index in [0.717, 1.165) is 40.3 Å². The van der Waals surface area contributed by atoms with E-state index >= 15 is 0 Å². The van der Waals surface area contributed by atoms with E-state index in [0.29, 0.717) is 38.8 Å². The third-order valence-corrected chi connectivity index (χ3v) is 6.60. The van der Waals surface area contributed by atoms with Crippen molar-refractivity contribution in [2.24, 2.45) is 0 Å². The van der Waals surface area contributed by atoms with Crippen molar-refractivity contribution >= 4 is 17.5 Å². The molecule has 0 spiro atoms. The summed E-state index contributed by atoms with van der Waals surface area (Å²) in [6, 6.07) is 29.9. The van der Waals surface area contributed by atoms with Gasteiger partial charge >= 0.3 is 0 Å². The molecule has 3 aromatic carbocycles. The first-order valence-corrected chi connectivity index (χ1v) is 12.5. The Balaban J connectivity index is 1.19. The quantitative estimate of drug-likeness (QED) is 0.336. The number of carbonyl (C=O) groups excluding carboxylic acids is 2. The summed E-state index contributed by atoms with van der Waals surface area (Å²) >= 11 is 0. The predicted octanol–water partition coefficient (Wildman–Crippen LogP) is 6.04. The van der Waals surface area contributed by atoms with E-state index < -0.39 is 0 Å². The molecule has 0 unspecified atom stereocenters. The van der Waals surface area contributed by atoms with Gasteiger partial charge in [0.15, 0.2) is 0 Å². The number of nitrogens with one attached hydrogen (secondary N) is 1. The summed E-state index contributed by atoms with van der Waals surface area (Å²) in [7, 11) is 0. The van der Waals surface area contributed by atoms with Gasteiger partial charge in [-0.15, -0.1) is 0 Å². The van der Waals surface area contributed by atoms with Gasteiger partial charge in [0, 0.05) is 49.2 Å². The van der Waals surface area contributed by atoms with E-state index in [-0.39, 0.29) is 11.8 Å². The molecule has 1 N–H and O–H groups in total. The van der Waals surface area contributed by atoms with Gasteiger partial charge in [-0.3, -0.25) is 9.59 Å². The number of rotatable bonds is 8. The van der Waals surface area contributed by atoms with Crippen LogP contribution >= 0.6 is 0 Å². The highest BCUT2D eigenvalue weighted by Crippen LogP contribution is 2.31. The average Bonchev–Trinajstić information content (AvgIpc) is 3.36. The normalized spacial score (nSPS) is 12.7. The predicted molar refractivity (Wildman–Crippen MR) is 141 cm³/mol. The third-order valence-electron chi connectivity index (χ3n) is 6.60. The number of nitrogens with zero attached hydrogens (tertiary/aromatic N) is 1. The molecular weight excluding hydrogens is 448 g/mol. The number of aryl methyl sites for hydroxylation is 2. The lowest BCUT2D eigenvalue weighted by molar-refractivity contribution is -0.132. The Morgan fingerprint density at radius 3 is 2.22 bits per heavy atom. The van der Waals surface area contributed by atoms with Crippen LogP contribution < -0.4 is 5.32 Å². The van der Waals surface area contributed by atoms with Crippen LogP contribution in [0.15, 0.2) is 95.4 Å². The molecule has 2 heterocycles. The molecule has 0 saturated carbocycles. The average molecular weight is 479 g/mol. The maximum absolute atomic E-state index is 12.8. The van der Waals surface area contributed by atoms with E-state index in [4.69, 9.17) is 4.42 Å². The first-order valence-electron chi connectivity index (χ1n) is 12.5. The largest absolute Gasteiger partial charge is 0.461 e. The second-order valence-corrected chi connectivity index (χ2v) is 9.22. The summed E-state index contributed by atoms with van der Waals surface area (Å²) in [4.78, 5) is 27.2. The standard InChI is InChI=1S/C31H30N2O3/c34-30(16-14-23-8-3-1-4-9-23)32-27-13-7-12-25(20-27)29-21-26-22-33(19-18-28(26)36-29)31(35)17-15-24-10-5-2-6-11-24/h1-13,20-21H,14-19,22H2,(H,32,34). The Morgan fingerprint density at radius 2 is 1.50 bits per heavy atom. The van der Waals surface area contributed by atoms with Crippen molar-refractivity contribution < 1.29 is 14.0 Å². The van der Waals surface area contributed by atoms with Crippen molar-refractivity contribution in [3.8, 4) is 11.3 Å². The molecule has 36 heavy (non-hydrogen) atoms. The molecule has 1 aliphatic heterocycles. The Bertz CT molecular complexity index is 1330. The molecule has 5 heteroatoms. The van der Waals surface area contributed by atoms with Gasteiger partial charge in [-0.05, 0) is 42.2 Å². The highest BCUT2D eigenvalue weighted by atomic mass is 16.3. The zero-order valence-electron chi connectivity index (χ0n) is 20.3. The zero-order valence-corrected chi connectivity index (χ0v) is 20.3. The molecule has 1 aliphatic rings. The number of hydrogen-bond donors (Lipinski definition) is 1. The maximum atomic E-state index is 12.8. The van der Waals surface area contributed by atoms with Gasteiger partial charge in [-0.1, -0.05) is 72.8 Å². The van der Waals surface area contributed by atoms with Crippen LogP contribution in [-0.4, -0.2) is 23.3 Å². The molecule has 5 rings (SSSR count). The van der Waals surface area contributed by atoms with Crippen LogP contribution in [0.5, 0.6) is 0 Å². The summed E-state index contributed by atoms with van der Waals surface area (Å²) in [5, 5.41) is 3.00. The van der Waals surface area contributed by atoms with Crippen LogP contribution in [0.25, 0.3) is 11.3 Å². The molecule has 182 valence electrons. The second-order valence-electron chi connectivity index (χ2n) is 9.22. The topological polar surface area (TPSA) is 62.6 Å². The number of amides is 2. The fourth-order valence-corrected chi connectivity index (χ4v) is 4.62. The van der Waals surface area contributed by atoms with Gasteiger partial charge in [0.1, 0.15) is 11.5 Å². The SMILES string of the molecule is O=C(CCc1ccccc1)Nc1cccc(-c2cc3c(o2)CCN(C(=O)CCc2ccccc2)C3)c1. The second kappa shape index (κ2) is 11.1. The number of anilines is 1. The molecule has 2 amide bonds. The van der Waals surface area contributed by atoms with Crippen LogP contribution in [-0.2, 0) is 35.4 Å². The molecule has 5 nitrogen and oxygen atoms in total. The van der Waals surface area contributed by atoms with Gasteiger partial charge < -0.3 is 14.6 Å². The number of furan rings is 1. The lowest BCUT2D eigenvalue weighted by Crippen LogP contribution is -2.35. The molecule has 0 aliphatic carbocycles. The first kappa shape index (κ1) is 23.6. The van der Waals surface area contributed by atoms with Crippen molar-refractivity contribution in [1.82, 2.24) is 4.90 Å². The van der Waals surface area contributed by atoms with Crippen LogP contribution in [0, 0.1) is 0 Å². The van der Waals surface area contributed by atoms with Crippen molar-refractivity contribution in [3.63, 3.8) is 0 Å². The van der Waals surface area contributed by atoms with Crippen LogP contribution in [0.2, 0.25) is 0 Å². The molecule has 4 aromatic rings. The van der Waals surface area contributed by atoms with Gasteiger partial charge in [-0.2, -0.15) is 0 Å². The fourth-order valence-electron chi connectivity index (χ4n) is 4.62. The third kappa shape index (κ3) is 5.92. The summed E-state index contributed by atoms with van der Waals surface area (Å²) in [6.07, 6.45) is 3.11. The van der Waals surface area contributed by atoms with Crippen molar-refractivity contribution in [3.05, 3.63) is 113 Å². The maximum Gasteiger partial charge on any atom is 0.224 e. The molecule has 0 fully saturated rings. The molecule has 0 saturated heterocycles. The van der Waals surface area contributed by atoms with Gasteiger partial charge in [0.25, 0.3) is 0 Å². The monoisotopic (exact) mass is 478 g/mol. The Morgan fingerprint density at radius 1 is 0.806 bits per heavy atom. The minimum Gasteiger partial charge on any atom is -0.461 e. The number of hydrogen-bond acceptors (Lipinski definition) is 3. The van der Waals surface area contributed by atoms with E-state index in [2.05, 4.69) is 17.4 Å². The fraction of sp³-hybridized carbons (Fsp3) is 0.226. The van der Waals surface area contributed by atoms with Crippen LogP contribution in [0.3, 0.4) is 0 Å². The van der Waals surface area contributed by atoms with Crippen molar-refractivity contribution in [2.45, 2.75) is 38.6 Å². The minimum absolute atomic E-state index is 0.0144. The number of carbonyl (C=O) groups is 2.